The van der Waals surface area contributed by atoms with Crippen LogP contribution in [0.2, 0.25) is 0 Å². The molecule has 7 heteroatoms. The Morgan fingerprint density at radius 1 is 0.921 bits per heavy atom. The maximum Gasteiger partial charge on any atom is 0.165 e. The summed E-state index contributed by atoms with van der Waals surface area (Å²) in [6, 6.07) is 18.9. The van der Waals surface area contributed by atoms with Gasteiger partial charge in [-0.1, -0.05) is 37.3 Å². The van der Waals surface area contributed by atoms with E-state index in [1.807, 2.05) is 54.1 Å². The van der Waals surface area contributed by atoms with Gasteiger partial charge in [0.15, 0.2) is 5.65 Å². The Kier molecular flexibility index (Phi) is 7.09. The van der Waals surface area contributed by atoms with Gasteiger partial charge in [0.05, 0.1) is 17.0 Å². The number of anilines is 2. The number of pyridine rings is 2. The Balaban J connectivity index is 1.54. The Morgan fingerprint density at radius 2 is 1.71 bits per heavy atom. The fourth-order valence-electron chi connectivity index (χ4n) is 4.89. The number of aromatic nitrogens is 5. The third-order valence-electron chi connectivity index (χ3n) is 6.80. The van der Waals surface area contributed by atoms with Crippen LogP contribution in [0.25, 0.3) is 28.0 Å². The zero-order valence-corrected chi connectivity index (χ0v) is 23.1. The molecule has 0 amide bonds. The molecule has 0 fully saturated rings. The van der Waals surface area contributed by atoms with Crippen LogP contribution < -0.4 is 9.80 Å². The topological polar surface area (TPSA) is 62.5 Å². The lowest BCUT2D eigenvalue weighted by Gasteiger charge is -2.25. The van der Waals surface area contributed by atoms with E-state index in [0.29, 0.717) is 0 Å². The fourth-order valence-corrected chi connectivity index (χ4v) is 4.89. The minimum atomic E-state index is 0.779. The number of rotatable bonds is 8. The van der Waals surface area contributed by atoms with E-state index in [2.05, 4.69) is 79.0 Å². The van der Waals surface area contributed by atoms with Crippen LogP contribution in [0.1, 0.15) is 35.9 Å². The molecule has 4 aromatic heterocycles. The average Bonchev–Trinajstić information content (AvgIpc) is 3.24. The summed E-state index contributed by atoms with van der Waals surface area (Å²) in [7, 11) is 4.02. The van der Waals surface area contributed by atoms with Crippen molar-refractivity contribution in [1.29, 1.82) is 0 Å². The second kappa shape index (κ2) is 10.6. The molecule has 0 aliphatic rings. The normalized spacial score (nSPS) is 11.2. The van der Waals surface area contributed by atoms with Crippen molar-refractivity contribution in [2.24, 2.45) is 0 Å². The number of aryl methyl sites for hydroxylation is 3. The predicted octanol–water partition coefficient (Wildman–Crippen LogP) is 6.26. The summed E-state index contributed by atoms with van der Waals surface area (Å²) in [5.41, 5.74) is 9.40. The molecule has 0 aliphatic carbocycles. The Labute approximate surface area is 224 Å². The van der Waals surface area contributed by atoms with Gasteiger partial charge < -0.3 is 9.80 Å². The molecule has 0 spiro atoms. The van der Waals surface area contributed by atoms with Crippen molar-refractivity contribution in [2.75, 3.05) is 30.4 Å². The molecule has 38 heavy (non-hydrogen) atoms. The molecular formula is C31H35N7. The smallest absolute Gasteiger partial charge is 0.165 e. The van der Waals surface area contributed by atoms with Crippen molar-refractivity contribution >= 4 is 17.3 Å². The van der Waals surface area contributed by atoms with Crippen molar-refractivity contribution in [2.45, 2.75) is 40.7 Å². The quantitative estimate of drug-likeness (QED) is 0.248. The van der Waals surface area contributed by atoms with Crippen molar-refractivity contribution in [1.82, 2.24) is 24.6 Å². The van der Waals surface area contributed by atoms with Gasteiger partial charge in [0, 0.05) is 62.5 Å². The SMILES string of the molecule is CCCN(Cc1ccc(-c2ccccn2)cc1)c1cc(C)nc2c(-c3cnc(N(C)C)cc3C)c(C)nn12. The van der Waals surface area contributed by atoms with E-state index in [4.69, 9.17) is 10.1 Å². The third-order valence-corrected chi connectivity index (χ3v) is 6.80. The molecule has 5 rings (SSSR count). The summed E-state index contributed by atoms with van der Waals surface area (Å²) in [4.78, 5) is 18.5. The highest BCUT2D eigenvalue weighted by atomic mass is 15.4. The Hall–Kier alpha value is -4.26. The minimum Gasteiger partial charge on any atom is -0.363 e. The van der Waals surface area contributed by atoms with Gasteiger partial charge in [0.1, 0.15) is 11.6 Å². The zero-order valence-electron chi connectivity index (χ0n) is 23.1. The summed E-state index contributed by atoms with van der Waals surface area (Å²) in [6.07, 6.45) is 4.81. The molecule has 0 saturated carbocycles. The highest BCUT2D eigenvalue weighted by Crippen LogP contribution is 2.33. The van der Waals surface area contributed by atoms with E-state index in [0.717, 1.165) is 76.1 Å². The van der Waals surface area contributed by atoms with Crippen LogP contribution in [-0.4, -0.2) is 45.2 Å². The van der Waals surface area contributed by atoms with Crippen LogP contribution in [0.4, 0.5) is 11.6 Å². The van der Waals surface area contributed by atoms with Gasteiger partial charge >= 0.3 is 0 Å². The Bertz CT molecular complexity index is 1550. The second-order valence-corrected chi connectivity index (χ2v) is 10.0. The fraction of sp³-hybridized carbons (Fsp3) is 0.290. The summed E-state index contributed by atoms with van der Waals surface area (Å²) in [6.45, 7) is 10.1. The van der Waals surface area contributed by atoms with Crippen LogP contribution in [-0.2, 0) is 6.54 Å². The van der Waals surface area contributed by atoms with Crippen molar-refractivity contribution in [3.8, 4) is 22.4 Å². The van der Waals surface area contributed by atoms with E-state index in [-0.39, 0.29) is 0 Å². The first-order valence-corrected chi connectivity index (χ1v) is 13.1. The van der Waals surface area contributed by atoms with Gasteiger partial charge in [0.25, 0.3) is 0 Å². The molecule has 0 atom stereocenters. The highest BCUT2D eigenvalue weighted by molar-refractivity contribution is 5.83. The molecule has 0 saturated heterocycles. The number of hydrogen-bond acceptors (Lipinski definition) is 6. The molecule has 4 heterocycles. The Morgan fingerprint density at radius 3 is 2.37 bits per heavy atom. The van der Waals surface area contributed by atoms with Crippen LogP contribution >= 0.6 is 0 Å². The van der Waals surface area contributed by atoms with Crippen molar-refractivity contribution in [3.05, 3.63) is 89.5 Å². The molecule has 0 unspecified atom stereocenters. The first-order chi connectivity index (χ1) is 18.4. The maximum atomic E-state index is 4.99. The third kappa shape index (κ3) is 4.96. The first kappa shape index (κ1) is 25.4. The maximum absolute atomic E-state index is 4.99. The van der Waals surface area contributed by atoms with E-state index in [1.54, 1.807) is 0 Å². The molecule has 7 nitrogen and oxygen atoms in total. The number of fused-ring (bicyclic) bond motifs is 1. The van der Waals surface area contributed by atoms with Crippen molar-refractivity contribution < 1.29 is 0 Å². The largest absolute Gasteiger partial charge is 0.363 e. The van der Waals surface area contributed by atoms with Gasteiger partial charge in [-0.25, -0.2) is 9.97 Å². The van der Waals surface area contributed by atoms with E-state index < -0.39 is 0 Å². The number of nitrogens with zero attached hydrogens (tertiary/aromatic N) is 7. The molecule has 194 valence electrons. The molecule has 5 aromatic rings. The summed E-state index contributed by atoms with van der Waals surface area (Å²) < 4.78 is 2.01. The van der Waals surface area contributed by atoms with Crippen LogP contribution in [0.3, 0.4) is 0 Å². The van der Waals surface area contributed by atoms with E-state index >= 15 is 0 Å². The van der Waals surface area contributed by atoms with E-state index in [1.165, 1.54) is 5.56 Å². The van der Waals surface area contributed by atoms with Crippen LogP contribution in [0.15, 0.2) is 67.0 Å². The van der Waals surface area contributed by atoms with Gasteiger partial charge in [-0.2, -0.15) is 9.61 Å². The van der Waals surface area contributed by atoms with Crippen molar-refractivity contribution in [3.63, 3.8) is 0 Å². The zero-order chi connectivity index (χ0) is 26.8. The number of hydrogen-bond donors (Lipinski definition) is 0. The molecule has 0 aliphatic heterocycles. The molecular weight excluding hydrogens is 470 g/mol. The summed E-state index contributed by atoms with van der Waals surface area (Å²) in [5.74, 6) is 1.99. The summed E-state index contributed by atoms with van der Waals surface area (Å²) in [5, 5.41) is 4.99. The average molecular weight is 506 g/mol. The lowest BCUT2D eigenvalue weighted by atomic mass is 10.0. The van der Waals surface area contributed by atoms with Gasteiger partial charge in [-0.3, -0.25) is 4.98 Å². The van der Waals surface area contributed by atoms with Crippen LogP contribution in [0, 0.1) is 20.8 Å². The van der Waals surface area contributed by atoms with Gasteiger partial charge in [0.2, 0.25) is 0 Å². The van der Waals surface area contributed by atoms with E-state index in [9.17, 15) is 0 Å². The van der Waals surface area contributed by atoms with Crippen LogP contribution in [0.5, 0.6) is 0 Å². The minimum absolute atomic E-state index is 0.779. The standard InChI is InChI=1S/C31H35N7/c1-7-16-37(20-24-11-13-25(14-12-24)27-10-8-9-15-32-27)29-18-22(3)34-31-30(23(4)35-38(29)31)26-19-33-28(36(5)6)17-21(26)2/h8-15,17-19H,7,16,20H2,1-6H3. The highest BCUT2D eigenvalue weighted by Gasteiger charge is 2.21. The lowest BCUT2D eigenvalue weighted by molar-refractivity contribution is 0.728. The molecule has 0 bridgehead atoms. The summed E-state index contributed by atoms with van der Waals surface area (Å²) >= 11 is 0. The number of benzene rings is 1. The van der Waals surface area contributed by atoms with Gasteiger partial charge in [-0.15, -0.1) is 0 Å². The first-order valence-electron chi connectivity index (χ1n) is 13.1. The second-order valence-electron chi connectivity index (χ2n) is 10.0. The molecule has 0 radical (unpaired) electrons. The van der Waals surface area contributed by atoms with Gasteiger partial charge in [-0.05, 0) is 56.5 Å². The predicted molar refractivity (Wildman–Crippen MR) is 156 cm³/mol. The molecule has 1 aromatic carbocycles. The monoisotopic (exact) mass is 505 g/mol. The molecule has 0 N–H and O–H groups in total. The lowest BCUT2D eigenvalue weighted by Crippen LogP contribution is -2.26.